The van der Waals surface area contributed by atoms with Crippen LogP contribution in [0.5, 0.6) is 5.75 Å². The molecule has 1 amide bonds. The summed E-state index contributed by atoms with van der Waals surface area (Å²) in [7, 11) is 0. The molecule has 0 radical (unpaired) electrons. The van der Waals surface area contributed by atoms with Gasteiger partial charge in [-0.2, -0.15) is 13.2 Å². The Morgan fingerprint density at radius 2 is 1.68 bits per heavy atom. The molecule has 0 fully saturated rings. The van der Waals surface area contributed by atoms with Crippen LogP contribution in [-0.4, -0.2) is 11.0 Å². The molecule has 2 N–H and O–H groups in total. The monoisotopic (exact) mass is 405 g/mol. The number of benzene rings is 3. The highest BCUT2D eigenvalue weighted by molar-refractivity contribution is 6.31. The maximum absolute atomic E-state index is 13.5. The van der Waals surface area contributed by atoms with Crippen molar-refractivity contribution in [2.75, 3.05) is 5.32 Å². The van der Waals surface area contributed by atoms with Crippen molar-refractivity contribution in [1.29, 1.82) is 0 Å². The van der Waals surface area contributed by atoms with Gasteiger partial charge in [-0.3, -0.25) is 4.79 Å². The predicted molar refractivity (Wildman–Crippen MR) is 103 cm³/mol. The first kappa shape index (κ1) is 19.8. The molecule has 0 saturated heterocycles. The van der Waals surface area contributed by atoms with Crippen molar-refractivity contribution in [2.45, 2.75) is 13.1 Å². The molecule has 0 atom stereocenters. The van der Waals surface area contributed by atoms with Gasteiger partial charge in [0.1, 0.15) is 5.75 Å². The minimum atomic E-state index is -4.59. The third kappa shape index (κ3) is 4.12. The number of phenolic OH excluding ortho intramolecular Hbond substituents is 1. The van der Waals surface area contributed by atoms with E-state index in [0.29, 0.717) is 11.1 Å². The molecular formula is C21H15ClF3NO2. The normalized spacial score (nSPS) is 11.3. The number of hydrogen-bond acceptors (Lipinski definition) is 2. The molecule has 0 aromatic heterocycles. The fourth-order valence-corrected chi connectivity index (χ4v) is 2.99. The van der Waals surface area contributed by atoms with Crippen LogP contribution < -0.4 is 5.32 Å². The third-order valence-electron chi connectivity index (χ3n) is 4.27. The molecule has 7 heteroatoms. The van der Waals surface area contributed by atoms with Crippen LogP contribution >= 0.6 is 11.6 Å². The molecule has 0 unspecified atom stereocenters. The number of anilines is 1. The van der Waals surface area contributed by atoms with Crippen LogP contribution in [0.2, 0.25) is 5.02 Å². The standard InChI is InChI=1S/C21H15ClF3NO2/c1-12-17(21(23,24)25)9-14(13-5-3-2-4-6-13)10-18(12)26-20(28)16-11-15(22)7-8-19(16)27/h2-11,27H,1H3,(H,26,28). The van der Waals surface area contributed by atoms with E-state index in [9.17, 15) is 23.1 Å². The number of amides is 1. The molecule has 0 saturated carbocycles. The minimum Gasteiger partial charge on any atom is -0.507 e. The summed E-state index contributed by atoms with van der Waals surface area (Å²) < 4.78 is 40.6. The van der Waals surface area contributed by atoms with Crippen molar-refractivity contribution < 1.29 is 23.1 Å². The average molecular weight is 406 g/mol. The summed E-state index contributed by atoms with van der Waals surface area (Å²) in [6, 6.07) is 15.0. The molecule has 0 bridgehead atoms. The highest BCUT2D eigenvalue weighted by Crippen LogP contribution is 2.38. The predicted octanol–water partition coefficient (Wildman–Crippen LogP) is 6.29. The van der Waals surface area contributed by atoms with Gasteiger partial charge in [0, 0.05) is 10.7 Å². The zero-order valence-corrected chi connectivity index (χ0v) is 15.4. The first-order valence-electron chi connectivity index (χ1n) is 8.24. The second-order valence-corrected chi connectivity index (χ2v) is 6.61. The fourth-order valence-electron chi connectivity index (χ4n) is 2.82. The molecule has 3 nitrogen and oxygen atoms in total. The molecule has 0 aliphatic heterocycles. The molecular weight excluding hydrogens is 391 g/mol. The first-order chi connectivity index (χ1) is 13.2. The molecule has 3 aromatic rings. The molecule has 28 heavy (non-hydrogen) atoms. The number of phenols is 1. The van der Waals surface area contributed by atoms with Crippen molar-refractivity contribution in [3.05, 3.63) is 82.4 Å². The Kier molecular flexibility index (Phi) is 5.34. The number of hydrogen-bond donors (Lipinski definition) is 2. The average Bonchev–Trinajstić information content (AvgIpc) is 2.65. The fraction of sp³-hybridized carbons (Fsp3) is 0.0952. The number of carbonyl (C=O) groups is 1. The van der Waals surface area contributed by atoms with Gasteiger partial charge in [0.2, 0.25) is 0 Å². The maximum Gasteiger partial charge on any atom is 0.416 e. The van der Waals surface area contributed by atoms with Gasteiger partial charge in [0.15, 0.2) is 0 Å². The van der Waals surface area contributed by atoms with E-state index < -0.39 is 17.6 Å². The first-order valence-corrected chi connectivity index (χ1v) is 8.62. The van der Waals surface area contributed by atoms with Gasteiger partial charge in [-0.1, -0.05) is 41.9 Å². The van der Waals surface area contributed by atoms with Crippen LogP contribution in [-0.2, 0) is 6.18 Å². The molecule has 0 spiro atoms. The van der Waals surface area contributed by atoms with Crippen LogP contribution in [0.25, 0.3) is 11.1 Å². The number of halogens is 4. The summed E-state index contributed by atoms with van der Waals surface area (Å²) in [5.41, 5.74) is -0.219. The Balaban J connectivity index is 2.09. The van der Waals surface area contributed by atoms with E-state index in [0.717, 1.165) is 6.07 Å². The summed E-state index contributed by atoms with van der Waals surface area (Å²) >= 11 is 5.85. The minimum absolute atomic E-state index is 0.00180. The lowest BCUT2D eigenvalue weighted by Crippen LogP contribution is -2.16. The van der Waals surface area contributed by atoms with Crippen LogP contribution in [0.3, 0.4) is 0 Å². The Bertz CT molecular complexity index is 1030. The van der Waals surface area contributed by atoms with Gasteiger partial charge in [0.25, 0.3) is 5.91 Å². The van der Waals surface area contributed by atoms with E-state index in [1.54, 1.807) is 30.3 Å². The lowest BCUT2D eigenvalue weighted by atomic mass is 9.97. The van der Waals surface area contributed by atoms with E-state index >= 15 is 0 Å². The lowest BCUT2D eigenvalue weighted by molar-refractivity contribution is -0.138. The van der Waals surface area contributed by atoms with Gasteiger partial charge < -0.3 is 10.4 Å². The van der Waals surface area contributed by atoms with Crippen molar-refractivity contribution in [3.8, 4) is 16.9 Å². The number of alkyl halides is 3. The van der Waals surface area contributed by atoms with E-state index in [4.69, 9.17) is 11.6 Å². The van der Waals surface area contributed by atoms with E-state index in [2.05, 4.69) is 5.32 Å². The Labute approximate surface area is 164 Å². The largest absolute Gasteiger partial charge is 0.507 e. The number of carbonyl (C=O) groups excluding carboxylic acids is 1. The topological polar surface area (TPSA) is 49.3 Å². The number of nitrogens with one attached hydrogen (secondary N) is 1. The lowest BCUT2D eigenvalue weighted by Gasteiger charge is -2.18. The summed E-state index contributed by atoms with van der Waals surface area (Å²) in [5, 5.41) is 12.5. The quantitative estimate of drug-likeness (QED) is 0.537. The molecule has 144 valence electrons. The summed E-state index contributed by atoms with van der Waals surface area (Å²) in [6.07, 6.45) is -4.59. The Hall–Kier alpha value is -2.99. The smallest absolute Gasteiger partial charge is 0.416 e. The molecule has 0 aliphatic carbocycles. The zero-order valence-electron chi connectivity index (χ0n) is 14.6. The Morgan fingerprint density at radius 1 is 1.00 bits per heavy atom. The molecule has 0 aliphatic rings. The van der Waals surface area contributed by atoms with E-state index in [1.165, 1.54) is 31.2 Å². The maximum atomic E-state index is 13.5. The van der Waals surface area contributed by atoms with Gasteiger partial charge in [-0.05, 0) is 53.9 Å². The number of rotatable bonds is 3. The summed E-state index contributed by atoms with van der Waals surface area (Å²) in [5.74, 6) is -1.09. The van der Waals surface area contributed by atoms with Crippen molar-refractivity contribution in [1.82, 2.24) is 0 Å². The van der Waals surface area contributed by atoms with Gasteiger partial charge >= 0.3 is 6.18 Å². The van der Waals surface area contributed by atoms with Gasteiger partial charge in [-0.15, -0.1) is 0 Å². The molecule has 3 rings (SSSR count). The van der Waals surface area contributed by atoms with Crippen LogP contribution in [0, 0.1) is 6.92 Å². The number of aromatic hydroxyl groups is 1. The van der Waals surface area contributed by atoms with Crippen molar-refractivity contribution in [3.63, 3.8) is 0 Å². The van der Waals surface area contributed by atoms with Crippen molar-refractivity contribution >= 4 is 23.2 Å². The van der Waals surface area contributed by atoms with Crippen LogP contribution in [0.1, 0.15) is 21.5 Å². The zero-order chi connectivity index (χ0) is 20.5. The highest BCUT2D eigenvalue weighted by Gasteiger charge is 2.34. The SMILES string of the molecule is Cc1c(NC(=O)c2cc(Cl)ccc2O)cc(-c2ccccc2)cc1C(F)(F)F. The molecule has 3 aromatic carbocycles. The van der Waals surface area contributed by atoms with Crippen LogP contribution in [0.15, 0.2) is 60.7 Å². The summed E-state index contributed by atoms with van der Waals surface area (Å²) in [4.78, 5) is 12.5. The highest BCUT2D eigenvalue weighted by atomic mass is 35.5. The summed E-state index contributed by atoms with van der Waals surface area (Å²) in [6.45, 7) is 1.28. The van der Waals surface area contributed by atoms with Crippen LogP contribution in [0.4, 0.5) is 18.9 Å². The van der Waals surface area contributed by atoms with E-state index in [1.807, 2.05) is 0 Å². The Morgan fingerprint density at radius 3 is 2.32 bits per heavy atom. The third-order valence-corrected chi connectivity index (χ3v) is 4.51. The second-order valence-electron chi connectivity index (χ2n) is 6.18. The van der Waals surface area contributed by atoms with Crippen molar-refractivity contribution in [2.24, 2.45) is 0 Å². The van der Waals surface area contributed by atoms with Gasteiger partial charge in [-0.25, -0.2) is 0 Å². The van der Waals surface area contributed by atoms with Gasteiger partial charge in [0.05, 0.1) is 11.1 Å². The molecule has 0 heterocycles. The second kappa shape index (κ2) is 7.56. The van der Waals surface area contributed by atoms with E-state index in [-0.39, 0.29) is 27.6 Å².